The Bertz CT molecular complexity index is 363. The van der Waals surface area contributed by atoms with Gasteiger partial charge in [-0.15, -0.1) is 0 Å². The highest BCUT2D eigenvalue weighted by molar-refractivity contribution is 5.75. The summed E-state index contributed by atoms with van der Waals surface area (Å²) in [6.45, 7) is 0. The van der Waals surface area contributed by atoms with Gasteiger partial charge in [0.25, 0.3) is 0 Å². The molecule has 0 aliphatic heterocycles. The largest absolute Gasteiger partial charge is 0.550 e. The number of aliphatic carboxylic acids is 2. The Hall–Kier alpha value is -1.55. The van der Waals surface area contributed by atoms with Crippen LogP contribution < -0.4 is 10.2 Å². The van der Waals surface area contributed by atoms with Crippen molar-refractivity contribution in [1.29, 1.82) is 0 Å². The standard InChI is InChI=1S/C8H7F7O4/c9-6(10,7(11,12)8(13,14)15)2-3(5(18)19)1-4(16)17/h3H,1-2H2,(H,16,17)(H,18,19)/p-2/t3-/m1/s1. The van der Waals surface area contributed by atoms with E-state index in [0.717, 1.165) is 0 Å². The zero-order valence-electron chi connectivity index (χ0n) is 8.77. The lowest BCUT2D eigenvalue weighted by Gasteiger charge is -2.31. The van der Waals surface area contributed by atoms with Crippen LogP contribution in [0.1, 0.15) is 12.8 Å². The monoisotopic (exact) mass is 298 g/mol. The van der Waals surface area contributed by atoms with E-state index in [2.05, 4.69) is 0 Å². The molecule has 112 valence electrons. The second kappa shape index (κ2) is 5.21. The van der Waals surface area contributed by atoms with Crippen molar-refractivity contribution in [2.75, 3.05) is 0 Å². The fourth-order valence-electron chi connectivity index (χ4n) is 1.09. The Morgan fingerprint density at radius 3 is 1.63 bits per heavy atom. The highest BCUT2D eigenvalue weighted by Crippen LogP contribution is 2.49. The van der Waals surface area contributed by atoms with E-state index in [1.807, 2.05) is 0 Å². The number of alkyl halides is 7. The highest BCUT2D eigenvalue weighted by Gasteiger charge is 2.72. The number of halogens is 7. The third-order valence-corrected chi connectivity index (χ3v) is 2.06. The molecule has 0 aromatic rings. The van der Waals surface area contributed by atoms with E-state index in [0.29, 0.717) is 0 Å². The minimum Gasteiger partial charge on any atom is -0.550 e. The summed E-state index contributed by atoms with van der Waals surface area (Å²) in [7, 11) is 0. The van der Waals surface area contributed by atoms with Gasteiger partial charge in [-0.05, 0) is 6.42 Å². The fraction of sp³-hybridized carbons (Fsp3) is 0.750. The molecular weight excluding hydrogens is 293 g/mol. The Morgan fingerprint density at radius 2 is 1.37 bits per heavy atom. The molecule has 0 fully saturated rings. The highest BCUT2D eigenvalue weighted by atomic mass is 19.4. The number of carbonyl (C=O) groups excluding carboxylic acids is 2. The molecule has 0 spiro atoms. The van der Waals surface area contributed by atoms with Crippen molar-refractivity contribution in [3.8, 4) is 0 Å². The van der Waals surface area contributed by atoms with Crippen LogP contribution in [0, 0.1) is 5.92 Å². The lowest BCUT2D eigenvalue weighted by molar-refractivity contribution is -0.361. The average molecular weight is 298 g/mol. The fourth-order valence-corrected chi connectivity index (χ4v) is 1.09. The first-order chi connectivity index (χ1) is 8.22. The maximum Gasteiger partial charge on any atom is 0.459 e. The molecule has 0 unspecified atom stereocenters. The van der Waals surface area contributed by atoms with Crippen molar-refractivity contribution < 1.29 is 50.5 Å². The summed E-state index contributed by atoms with van der Waals surface area (Å²) in [6, 6.07) is 0. The topological polar surface area (TPSA) is 80.3 Å². The maximum absolute atomic E-state index is 12.8. The van der Waals surface area contributed by atoms with Gasteiger partial charge in [-0.3, -0.25) is 0 Å². The number of hydrogen-bond acceptors (Lipinski definition) is 4. The normalized spacial score (nSPS) is 15.1. The van der Waals surface area contributed by atoms with Crippen molar-refractivity contribution in [1.82, 2.24) is 0 Å². The SMILES string of the molecule is O=C([O-])C[C@H](CC(F)(F)C(F)(F)C(F)(F)F)C(=O)[O-]. The van der Waals surface area contributed by atoms with Gasteiger partial charge in [0, 0.05) is 24.3 Å². The predicted molar refractivity (Wildman–Crippen MR) is 38.7 cm³/mol. The smallest absolute Gasteiger partial charge is 0.459 e. The first kappa shape index (κ1) is 17.4. The van der Waals surface area contributed by atoms with Gasteiger partial charge in [0.05, 0.1) is 0 Å². The molecule has 1 atom stereocenters. The number of carbonyl (C=O) groups is 2. The average Bonchev–Trinajstić information content (AvgIpc) is 2.13. The maximum atomic E-state index is 12.8. The van der Waals surface area contributed by atoms with E-state index in [1.165, 1.54) is 0 Å². The minimum atomic E-state index is -6.62. The summed E-state index contributed by atoms with van der Waals surface area (Å²) in [5.74, 6) is -19.7. The third-order valence-electron chi connectivity index (χ3n) is 2.06. The summed E-state index contributed by atoms with van der Waals surface area (Å²) < 4.78 is 85.6. The molecule has 11 heteroatoms. The van der Waals surface area contributed by atoms with Crippen molar-refractivity contribution in [3.63, 3.8) is 0 Å². The van der Waals surface area contributed by atoms with Crippen LogP contribution in [0.3, 0.4) is 0 Å². The van der Waals surface area contributed by atoms with E-state index in [4.69, 9.17) is 0 Å². The molecule has 0 radical (unpaired) electrons. The molecule has 0 aromatic heterocycles. The van der Waals surface area contributed by atoms with Crippen molar-refractivity contribution in [2.24, 2.45) is 5.92 Å². The summed E-state index contributed by atoms with van der Waals surface area (Å²) in [5.41, 5.74) is 0. The van der Waals surface area contributed by atoms with E-state index in [1.54, 1.807) is 0 Å². The first-order valence-electron chi connectivity index (χ1n) is 4.45. The lowest BCUT2D eigenvalue weighted by atomic mass is 9.94. The molecule has 0 aliphatic rings. The van der Waals surface area contributed by atoms with Crippen LogP contribution in [0.5, 0.6) is 0 Å². The second-order valence-corrected chi connectivity index (χ2v) is 3.57. The lowest BCUT2D eigenvalue weighted by Crippen LogP contribution is -2.54. The quantitative estimate of drug-likeness (QED) is 0.631. The van der Waals surface area contributed by atoms with Crippen LogP contribution in [0.2, 0.25) is 0 Å². The molecule has 0 N–H and O–H groups in total. The number of rotatable bonds is 6. The molecule has 0 heterocycles. The van der Waals surface area contributed by atoms with Gasteiger partial charge in [-0.1, -0.05) is 0 Å². The molecular formula is C8H5F7O4-2. The van der Waals surface area contributed by atoms with Crippen molar-refractivity contribution in [2.45, 2.75) is 30.9 Å². The van der Waals surface area contributed by atoms with E-state index >= 15 is 0 Å². The zero-order valence-corrected chi connectivity index (χ0v) is 8.77. The van der Waals surface area contributed by atoms with Gasteiger partial charge < -0.3 is 19.8 Å². The van der Waals surface area contributed by atoms with Gasteiger partial charge in [0.1, 0.15) is 0 Å². The molecule has 4 nitrogen and oxygen atoms in total. The Labute approximate surface area is 100 Å². The summed E-state index contributed by atoms with van der Waals surface area (Å²) in [4.78, 5) is 20.2. The summed E-state index contributed by atoms with van der Waals surface area (Å²) in [6.07, 6.45) is -10.8. The summed E-state index contributed by atoms with van der Waals surface area (Å²) in [5, 5.41) is 20.2. The van der Waals surface area contributed by atoms with Crippen LogP contribution in [0.4, 0.5) is 30.7 Å². The van der Waals surface area contributed by atoms with Gasteiger partial charge in [-0.25, -0.2) is 0 Å². The number of hydrogen-bond donors (Lipinski definition) is 0. The first-order valence-corrected chi connectivity index (χ1v) is 4.45. The molecule has 0 saturated heterocycles. The molecule has 0 saturated carbocycles. The van der Waals surface area contributed by atoms with E-state index in [-0.39, 0.29) is 0 Å². The van der Waals surface area contributed by atoms with Crippen LogP contribution in [0.25, 0.3) is 0 Å². The third kappa shape index (κ3) is 3.96. The van der Waals surface area contributed by atoms with Crippen molar-refractivity contribution in [3.05, 3.63) is 0 Å². The molecule has 0 rings (SSSR count). The van der Waals surface area contributed by atoms with Gasteiger partial charge >= 0.3 is 18.0 Å². The van der Waals surface area contributed by atoms with Gasteiger partial charge in [-0.2, -0.15) is 30.7 Å². The van der Waals surface area contributed by atoms with Gasteiger partial charge in [0.15, 0.2) is 0 Å². The molecule has 0 amide bonds. The van der Waals surface area contributed by atoms with Crippen LogP contribution in [0.15, 0.2) is 0 Å². The van der Waals surface area contributed by atoms with E-state index < -0.39 is 48.7 Å². The number of carboxylic acid groups (broad SMARTS) is 2. The Kier molecular flexibility index (Phi) is 4.79. The van der Waals surface area contributed by atoms with Gasteiger partial charge in [0.2, 0.25) is 0 Å². The van der Waals surface area contributed by atoms with Crippen LogP contribution >= 0.6 is 0 Å². The molecule has 19 heavy (non-hydrogen) atoms. The number of carboxylic acids is 2. The minimum absolute atomic E-state index is 1.67. The molecule has 0 bridgehead atoms. The Balaban J connectivity index is 5.21. The van der Waals surface area contributed by atoms with E-state index in [9.17, 15) is 50.5 Å². The summed E-state index contributed by atoms with van der Waals surface area (Å²) >= 11 is 0. The second-order valence-electron chi connectivity index (χ2n) is 3.57. The van der Waals surface area contributed by atoms with Crippen LogP contribution in [-0.2, 0) is 9.59 Å². The predicted octanol–water partition coefficient (Wildman–Crippen LogP) is -0.284. The van der Waals surface area contributed by atoms with Crippen LogP contribution in [-0.4, -0.2) is 30.0 Å². The molecule has 0 aliphatic carbocycles. The zero-order chi connectivity index (χ0) is 15.6. The Morgan fingerprint density at radius 1 is 0.947 bits per heavy atom. The van der Waals surface area contributed by atoms with Crippen molar-refractivity contribution >= 4 is 11.9 Å². The molecule has 0 aromatic carbocycles.